The second-order valence-electron chi connectivity index (χ2n) is 7.33. The summed E-state index contributed by atoms with van der Waals surface area (Å²) >= 11 is 0. The van der Waals surface area contributed by atoms with Crippen LogP contribution in [0, 0.1) is 12.3 Å². The van der Waals surface area contributed by atoms with Crippen molar-refractivity contribution in [2.45, 2.75) is 38.8 Å². The number of hydrogen-bond donors (Lipinski definition) is 0. The van der Waals surface area contributed by atoms with Crippen molar-refractivity contribution in [2.24, 2.45) is 5.41 Å². The van der Waals surface area contributed by atoms with Gasteiger partial charge in [-0.2, -0.15) is 4.31 Å². The molecule has 2 fully saturated rings. The van der Waals surface area contributed by atoms with Crippen molar-refractivity contribution >= 4 is 10.0 Å². The van der Waals surface area contributed by atoms with Crippen molar-refractivity contribution in [2.75, 3.05) is 39.6 Å². The molecule has 1 unspecified atom stereocenters. The van der Waals surface area contributed by atoms with Crippen molar-refractivity contribution in [1.82, 2.24) is 14.4 Å². The molecule has 2 aliphatic rings. The largest absolute Gasteiger partial charge is 0.383 e. The van der Waals surface area contributed by atoms with Gasteiger partial charge in [0.15, 0.2) is 0 Å². The molecule has 1 atom stereocenters. The lowest BCUT2D eigenvalue weighted by molar-refractivity contribution is 0.104. The van der Waals surface area contributed by atoms with Crippen LogP contribution in [0.2, 0.25) is 0 Å². The summed E-state index contributed by atoms with van der Waals surface area (Å²) in [5, 5.41) is 4.06. The van der Waals surface area contributed by atoms with Crippen LogP contribution >= 0.6 is 0 Å². The van der Waals surface area contributed by atoms with Gasteiger partial charge in [0.1, 0.15) is 5.76 Å². The molecule has 2 saturated heterocycles. The van der Waals surface area contributed by atoms with Crippen LogP contribution in [0.1, 0.15) is 30.7 Å². The van der Waals surface area contributed by atoms with Gasteiger partial charge >= 0.3 is 0 Å². The highest BCUT2D eigenvalue weighted by Gasteiger charge is 2.48. The summed E-state index contributed by atoms with van der Waals surface area (Å²) in [4.78, 5) is 2.37. The fourth-order valence-corrected chi connectivity index (χ4v) is 5.30. The van der Waals surface area contributed by atoms with Gasteiger partial charge in [-0.25, -0.2) is 8.42 Å². The zero-order valence-electron chi connectivity index (χ0n) is 14.7. The van der Waals surface area contributed by atoms with E-state index in [0.717, 1.165) is 50.4 Å². The van der Waals surface area contributed by atoms with Gasteiger partial charge in [-0.15, -0.1) is 0 Å². The van der Waals surface area contributed by atoms with Crippen molar-refractivity contribution in [3.05, 3.63) is 17.5 Å². The third-order valence-electron chi connectivity index (χ3n) is 5.33. The van der Waals surface area contributed by atoms with Crippen LogP contribution in [0.5, 0.6) is 0 Å². The summed E-state index contributed by atoms with van der Waals surface area (Å²) < 4.78 is 36.2. The highest BCUT2D eigenvalue weighted by atomic mass is 32.2. The number of rotatable bonds is 5. The minimum Gasteiger partial charge on any atom is -0.383 e. The molecule has 0 amide bonds. The molecule has 0 aromatic carbocycles. The molecule has 0 aliphatic carbocycles. The average Bonchev–Trinajstić information content (AvgIpc) is 3.06. The van der Waals surface area contributed by atoms with E-state index in [-0.39, 0.29) is 11.5 Å². The van der Waals surface area contributed by atoms with Crippen LogP contribution in [0.4, 0.5) is 0 Å². The quantitative estimate of drug-likeness (QED) is 0.789. The summed E-state index contributed by atoms with van der Waals surface area (Å²) in [6.07, 6.45) is 4.22. The summed E-state index contributed by atoms with van der Waals surface area (Å²) in [5.41, 5.74) is 1.05. The Kier molecular flexibility index (Phi) is 5.01. The number of ether oxygens (including phenoxy) is 1. The summed E-state index contributed by atoms with van der Waals surface area (Å²) in [6, 6.07) is 1.94. The number of piperidine rings is 1. The molecule has 0 saturated carbocycles. The first-order valence-electron chi connectivity index (χ1n) is 8.42. The fourth-order valence-electron chi connectivity index (χ4n) is 4.12. The molecule has 8 heteroatoms. The smallest absolute Gasteiger partial charge is 0.211 e. The molecule has 3 heterocycles. The molecule has 2 aliphatic heterocycles. The second kappa shape index (κ2) is 6.74. The molecule has 136 valence electrons. The van der Waals surface area contributed by atoms with Gasteiger partial charge in [0.05, 0.1) is 18.6 Å². The van der Waals surface area contributed by atoms with Crippen molar-refractivity contribution in [3.8, 4) is 0 Å². The molecule has 1 spiro atoms. The Labute approximate surface area is 144 Å². The van der Waals surface area contributed by atoms with Gasteiger partial charge < -0.3 is 9.26 Å². The zero-order chi connectivity index (χ0) is 17.4. The van der Waals surface area contributed by atoms with E-state index >= 15 is 0 Å². The minimum absolute atomic E-state index is 0.0326. The number of hydrogen-bond acceptors (Lipinski definition) is 6. The number of nitrogens with zero attached hydrogens (tertiary/aromatic N) is 3. The lowest BCUT2D eigenvalue weighted by atomic mass is 9.76. The Morgan fingerprint density at radius 3 is 2.67 bits per heavy atom. The van der Waals surface area contributed by atoms with Crippen LogP contribution in [-0.4, -0.2) is 68.4 Å². The maximum Gasteiger partial charge on any atom is 0.211 e. The standard InChI is InChI=1S/C16H27N3O4S/c1-13-8-14(17-23-13)10-18-6-4-16(5-7-18)9-15(11-22-2)19(12-16)24(3,20)21/h8,15H,4-7,9-12H2,1-3H3. The maximum atomic E-state index is 12.1. The van der Waals surface area contributed by atoms with Crippen molar-refractivity contribution in [1.29, 1.82) is 0 Å². The van der Waals surface area contributed by atoms with E-state index in [1.165, 1.54) is 6.26 Å². The molecule has 3 rings (SSSR count). The predicted molar refractivity (Wildman–Crippen MR) is 90.0 cm³/mol. The summed E-state index contributed by atoms with van der Waals surface area (Å²) in [7, 11) is -1.56. The molecular formula is C16H27N3O4S. The topological polar surface area (TPSA) is 75.9 Å². The van der Waals surface area contributed by atoms with Gasteiger partial charge in [0.25, 0.3) is 0 Å². The van der Waals surface area contributed by atoms with Gasteiger partial charge in [-0.05, 0) is 44.7 Å². The van der Waals surface area contributed by atoms with E-state index in [1.54, 1.807) is 11.4 Å². The highest BCUT2D eigenvalue weighted by molar-refractivity contribution is 7.88. The first-order chi connectivity index (χ1) is 11.3. The van der Waals surface area contributed by atoms with E-state index in [0.29, 0.717) is 13.2 Å². The fraction of sp³-hybridized carbons (Fsp3) is 0.812. The van der Waals surface area contributed by atoms with E-state index in [4.69, 9.17) is 9.26 Å². The molecule has 24 heavy (non-hydrogen) atoms. The van der Waals surface area contributed by atoms with Crippen LogP contribution in [-0.2, 0) is 21.3 Å². The molecule has 0 N–H and O–H groups in total. The second-order valence-corrected chi connectivity index (χ2v) is 9.26. The third-order valence-corrected chi connectivity index (χ3v) is 6.61. The average molecular weight is 357 g/mol. The van der Waals surface area contributed by atoms with E-state index in [2.05, 4.69) is 10.1 Å². The Morgan fingerprint density at radius 1 is 1.42 bits per heavy atom. The lowest BCUT2D eigenvalue weighted by Crippen LogP contribution is -2.42. The molecule has 0 radical (unpaired) electrons. The maximum absolute atomic E-state index is 12.1. The Morgan fingerprint density at radius 2 is 2.12 bits per heavy atom. The number of sulfonamides is 1. The SMILES string of the molecule is COCC1CC2(CCN(Cc3cc(C)on3)CC2)CN1S(C)(=O)=O. The number of aryl methyl sites for hydroxylation is 1. The van der Waals surface area contributed by atoms with Crippen molar-refractivity contribution < 1.29 is 17.7 Å². The molecule has 1 aromatic heterocycles. The third kappa shape index (κ3) is 3.82. The Balaban J connectivity index is 1.62. The molecule has 1 aromatic rings. The predicted octanol–water partition coefficient (Wildman–Crippen LogP) is 1.25. The molecule has 0 bridgehead atoms. The van der Waals surface area contributed by atoms with Crippen LogP contribution in [0.25, 0.3) is 0 Å². The van der Waals surface area contributed by atoms with Crippen LogP contribution in [0.15, 0.2) is 10.6 Å². The summed E-state index contributed by atoms with van der Waals surface area (Å²) in [6.45, 7) is 5.71. The monoisotopic (exact) mass is 357 g/mol. The van der Waals surface area contributed by atoms with E-state index in [9.17, 15) is 8.42 Å². The Bertz CT molecular complexity index is 665. The normalized spacial score (nSPS) is 25.5. The Hall–Kier alpha value is -0.960. The zero-order valence-corrected chi connectivity index (χ0v) is 15.5. The number of likely N-dealkylation sites (tertiary alicyclic amines) is 1. The minimum atomic E-state index is -3.19. The number of methoxy groups -OCH3 is 1. The number of aromatic nitrogens is 1. The van der Waals surface area contributed by atoms with Gasteiger partial charge in [-0.1, -0.05) is 5.16 Å². The molecular weight excluding hydrogens is 330 g/mol. The van der Waals surface area contributed by atoms with E-state index < -0.39 is 10.0 Å². The van der Waals surface area contributed by atoms with Gasteiger partial charge in [0.2, 0.25) is 10.0 Å². The molecule has 7 nitrogen and oxygen atoms in total. The highest BCUT2D eigenvalue weighted by Crippen LogP contribution is 2.44. The summed E-state index contributed by atoms with van der Waals surface area (Å²) in [5.74, 6) is 0.834. The van der Waals surface area contributed by atoms with Gasteiger partial charge in [0, 0.05) is 32.3 Å². The first kappa shape index (κ1) is 17.8. The van der Waals surface area contributed by atoms with Crippen LogP contribution < -0.4 is 0 Å². The van der Waals surface area contributed by atoms with Crippen LogP contribution in [0.3, 0.4) is 0 Å². The first-order valence-corrected chi connectivity index (χ1v) is 10.3. The van der Waals surface area contributed by atoms with Crippen molar-refractivity contribution in [3.63, 3.8) is 0 Å². The van der Waals surface area contributed by atoms with Gasteiger partial charge in [-0.3, -0.25) is 4.90 Å². The lowest BCUT2D eigenvalue weighted by Gasteiger charge is -2.39. The van der Waals surface area contributed by atoms with E-state index in [1.807, 2.05) is 13.0 Å².